The van der Waals surface area contributed by atoms with Gasteiger partial charge in [-0.3, -0.25) is 4.79 Å². The predicted molar refractivity (Wildman–Crippen MR) is 53.9 cm³/mol. The van der Waals surface area contributed by atoms with Gasteiger partial charge in [-0.25, -0.2) is 9.59 Å². The SMILES string of the molecule is CC(C)C(=O)C=CC(C(=O)O)=C(O)C(=O)O. The van der Waals surface area contributed by atoms with E-state index in [4.69, 9.17) is 15.3 Å². The lowest BCUT2D eigenvalue weighted by Gasteiger charge is -1.99. The lowest BCUT2D eigenvalue weighted by molar-refractivity contribution is -0.138. The fourth-order valence-corrected chi connectivity index (χ4v) is 0.725. The second-order valence-corrected chi connectivity index (χ2v) is 3.26. The largest absolute Gasteiger partial charge is 0.501 e. The molecule has 0 aliphatic carbocycles. The number of carbonyl (C=O) groups is 3. The minimum atomic E-state index is -1.76. The number of carbonyl (C=O) groups excluding carboxylic acids is 1. The lowest BCUT2D eigenvalue weighted by atomic mass is 10.1. The zero-order valence-electron chi connectivity index (χ0n) is 8.80. The Bertz CT molecular complexity index is 375. The van der Waals surface area contributed by atoms with Gasteiger partial charge in [0.1, 0.15) is 5.57 Å². The van der Waals surface area contributed by atoms with E-state index in [1.807, 2.05) is 0 Å². The molecule has 0 unspecified atom stereocenters. The van der Waals surface area contributed by atoms with Crippen molar-refractivity contribution < 1.29 is 29.7 Å². The van der Waals surface area contributed by atoms with E-state index in [2.05, 4.69) is 0 Å². The Morgan fingerprint density at radius 2 is 1.44 bits per heavy atom. The molecule has 0 aromatic heterocycles. The Balaban J connectivity index is 5.15. The first-order chi connectivity index (χ1) is 7.27. The first kappa shape index (κ1) is 13.9. The van der Waals surface area contributed by atoms with Crippen LogP contribution >= 0.6 is 0 Å². The number of ketones is 1. The number of hydrogen-bond acceptors (Lipinski definition) is 4. The molecule has 0 saturated heterocycles. The molecule has 0 aliphatic heterocycles. The van der Waals surface area contributed by atoms with Crippen LogP contribution < -0.4 is 0 Å². The zero-order valence-corrected chi connectivity index (χ0v) is 8.80. The molecule has 0 aliphatic rings. The van der Waals surface area contributed by atoms with E-state index in [-0.39, 0.29) is 11.7 Å². The molecule has 0 rings (SSSR count). The van der Waals surface area contributed by atoms with Crippen molar-refractivity contribution in [2.24, 2.45) is 5.92 Å². The smallest absolute Gasteiger partial charge is 0.371 e. The maximum Gasteiger partial charge on any atom is 0.371 e. The first-order valence-corrected chi connectivity index (χ1v) is 4.39. The van der Waals surface area contributed by atoms with Crippen LogP contribution in [0.2, 0.25) is 0 Å². The maximum absolute atomic E-state index is 11.1. The fourth-order valence-electron chi connectivity index (χ4n) is 0.725. The van der Waals surface area contributed by atoms with Crippen LogP contribution in [0.4, 0.5) is 0 Å². The molecule has 0 saturated carbocycles. The van der Waals surface area contributed by atoms with Gasteiger partial charge in [-0.15, -0.1) is 0 Å². The number of aliphatic hydroxyl groups excluding tert-OH is 1. The van der Waals surface area contributed by atoms with E-state index >= 15 is 0 Å². The quantitative estimate of drug-likeness (QED) is 0.363. The number of aliphatic hydroxyl groups is 1. The number of allylic oxidation sites excluding steroid dienone is 1. The molecule has 88 valence electrons. The predicted octanol–water partition coefficient (Wildman–Crippen LogP) is 0.749. The number of hydrogen-bond donors (Lipinski definition) is 3. The Morgan fingerprint density at radius 3 is 1.75 bits per heavy atom. The summed E-state index contributed by atoms with van der Waals surface area (Å²) in [5.41, 5.74) is -0.832. The summed E-state index contributed by atoms with van der Waals surface area (Å²) in [6, 6.07) is 0. The Hall–Kier alpha value is -2.11. The van der Waals surface area contributed by atoms with Crippen LogP contribution in [0.1, 0.15) is 13.8 Å². The summed E-state index contributed by atoms with van der Waals surface area (Å²) in [4.78, 5) is 32.0. The van der Waals surface area contributed by atoms with E-state index in [1.165, 1.54) is 0 Å². The van der Waals surface area contributed by atoms with Gasteiger partial charge in [-0.1, -0.05) is 13.8 Å². The van der Waals surface area contributed by atoms with Crippen molar-refractivity contribution in [3.05, 3.63) is 23.5 Å². The van der Waals surface area contributed by atoms with E-state index in [1.54, 1.807) is 13.8 Å². The van der Waals surface area contributed by atoms with Gasteiger partial charge >= 0.3 is 11.9 Å². The first-order valence-electron chi connectivity index (χ1n) is 4.39. The number of carboxylic acid groups (broad SMARTS) is 2. The number of carboxylic acids is 2. The van der Waals surface area contributed by atoms with Crippen molar-refractivity contribution in [3.8, 4) is 0 Å². The Kier molecular flexibility index (Phi) is 4.94. The lowest BCUT2D eigenvalue weighted by Crippen LogP contribution is -2.10. The van der Waals surface area contributed by atoms with Crippen LogP contribution in [0.15, 0.2) is 23.5 Å². The van der Waals surface area contributed by atoms with Gasteiger partial charge in [0.15, 0.2) is 5.78 Å². The standard InChI is InChI=1S/C10H12O6/c1-5(2)7(11)4-3-6(9(13)14)8(12)10(15)16/h3-5,12H,1-2H3,(H,13,14)(H,15,16). The van der Waals surface area contributed by atoms with Gasteiger partial charge in [0.2, 0.25) is 5.76 Å². The van der Waals surface area contributed by atoms with Crippen LogP contribution in [-0.4, -0.2) is 33.0 Å². The summed E-state index contributed by atoms with van der Waals surface area (Å²) in [6.07, 6.45) is 1.70. The van der Waals surface area contributed by atoms with Gasteiger partial charge in [0.05, 0.1) is 0 Å². The topological polar surface area (TPSA) is 112 Å². The van der Waals surface area contributed by atoms with Gasteiger partial charge in [0, 0.05) is 5.92 Å². The molecule has 0 aromatic carbocycles. The van der Waals surface area contributed by atoms with Gasteiger partial charge in [0.25, 0.3) is 0 Å². The molecule has 0 radical (unpaired) electrons. The molecule has 3 N–H and O–H groups in total. The minimum Gasteiger partial charge on any atom is -0.501 e. The molecule has 0 spiro atoms. The van der Waals surface area contributed by atoms with E-state index in [0.29, 0.717) is 0 Å². The molecule has 0 atom stereocenters. The van der Waals surface area contributed by atoms with Crippen molar-refractivity contribution in [1.29, 1.82) is 0 Å². The molecular weight excluding hydrogens is 216 g/mol. The van der Waals surface area contributed by atoms with E-state index in [9.17, 15) is 14.4 Å². The van der Waals surface area contributed by atoms with E-state index < -0.39 is 23.3 Å². The second kappa shape index (κ2) is 5.69. The van der Waals surface area contributed by atoms with E-state index in [0.717, 1.165) is 12.2 Å². The molecule has 16 heavy (non-hydrogen) atoms. The minimum absolute atomic E-state index is 0.335. The number of aliphatic carboxylic acids is 2. The van der Waals surface area contributed by atoms with Crippen LogP contribution in [0.5, 0.6) is 0 Å². The fraction of sp³-hybridized carbons (Fsp3) is 0.300. The summed E-state index contributed by atoms with van der Waals surface area (Å²) in [5, 5.41) is 25.9. The van der Waals surface area contributed by atoms with Gasteiger partial charge < -0.3 is 15.3 Å². The summed E-state index contributed by atoms with van der Waals surface area (Å²) in [7, 11) is 0. The summed E-state index contributed by atoms with van der Waals surface area (Å²) in [6.45, 7) is 3.21. The third kappa shape index (κ3) is 3.95. The van der Waals surface area contributed by atoms with Gasteiger partial charge in [-0.2, -0.15) is 0 Å². The summed E-state index contributed by atoms with van der Waals surface area (Å²) in [5.74, 6) is -5.39. The zero-order chi connectivity index (χ0) is 12.9. The molecular formula is C10H12O6. The molecule has 6 heteroatoms. The van der Waals surface area contributed by atoms with Crippen molar-refractivity contribution >= 4 is 17.7 Å². The van der Waals surface area contributed by atoms with Crippen LogP contribution in [-0.2, 0) is 14.4 Å². The average Bonchev–Trinajstić information content (AvgIpc) is 2.16. The van der Waals surface area contributed by atoms with Crippen molar-refractivity contribution in [1.82, 2.24) is 0 Å². The highest BCUT2D eigenvalue weighted by molar-refractivity contribution is 6.01. The molecule has 0 amide bonds. The molecule has 6 nitrogen and oxygen atoms in total. The van der Waals surface area contributed by atoms with Crippen molar-refractivity contribution in [3.63, 3.8) is 0 Å². The summed E-state index contributed by atoms with van der Waals surface area (Å²) < 4.78 is 0. The summed E-state index contributed by atoms with van der Waals surface area (Å²) >= 11 is 0. The third-order valence-corrected chi connectivity index (χ3v) is 1.67. The van der Waals surface area contributed by atoms with Crippen LogP contribution in [0.25, 0.3) is 0 Å². The normalized spacial score (nSPS) is 12.7. The third-order valence-electron chi connectivity index (χ3n) is 1.67. The Labute approximate surface area is 91.5 Å². The second-order valence-electron chi connectivity index (χ2n) is 3.26. The molecule has 0 bridgehead atoms. The molecule has 0 fully saturated rings. The Morgan fingerprint density at radius 1 is 0.938 bits per heavy atom. The maximum atomic E-state index is 11.1. The highest BCUT2D eigenvalue weighted by Gasteiger charge is 2.17. The van der Waals surface area contributed by atoms with Crippen LogP contribution in [0, 0.1) is 5.92 Å². The average molecular weight is 228 g/mol. The number of rotatable bonds is 5. The highest BCUT2D eigenvalue weighted by Crippen LogP contribution is 2.06. The monoisotopic (exact) mass is 228 g/mol. The molecule has 0 aromatic rings. The van der Waals surface area contributed by atoms with Crippen molar-refractivity contribution in [2.45, 2.75) is 13.8 Å². The highest BCUT2D eigenvalue weighted by atomic mass is 16.4. The van der Waals surface area contributed by atoms with Crippen molar-refractivity contribution in [2.75, 3.05) is 0 Å². The van der Waals surface area contributed by atoms with Gasteiger partial charge in [-0.05, 0) is 12.2 Å². The molecule has 0 heterocycles. The van der Waals surface area contributed by atoms with Crippen LogP contribution in [0.3, 0.4) is 0 Å².